The normalized spacial score (nSPS) is 11.1. The molecule has 170 valence electrons. The van der Waals surface area contributed by atoms with E-state index in [1.807, 2.05) is 0 Å². The third kappa shape index (κ3) is 5.98. The van der Waals surface area contributed by atoms with E-state index in [2.05, 4.69) is 9.97 Å². The van der Waals surface area contributed by atoms with E-state index < -0.39 is 23.9 Å². The molecule has 0 aliphatic heterocycles. The summed E-state index contributed by atoms with van der Waals surface area (Å²) >= 11 is 0. The second-order valence-corrected chi connectivity index (χ2v) is 6.90. The first-order chi connectivity index (χ1) is 16.1. The van der Waals surface area contributed by atoms with Crippen LogP contribution < -0.4 is 0 Å². The maximum Gasteiger partial charge on any atom is 0.354 e. The molecule has 0 saturated heterocycles. The summed E-state index contributed by atoms with van der Waals surface area (Å²) < 4.78 is 0. The van der Waals surface area contributed by atoms with Crippen molar-refractivity contribution in [2.75, 3.05) is 0 Å². The third-order valence-corrected chi connectivity index (χ3v) is 4.44. The van der Waals surface area contributed by atoms with Crippen LogP contribution in [0.15, 0.2) is 48.5 Å². The van der Waals surface area contributed by atoms with Crippen LogP contribution in [0.2, 0.25) is 0 Å². The molecule has 34 heavy (non-hydrogen) atoms. The van der Waals surface area contributed by atoms with Crippen molar-refractivity contribution in [1.82, 2.24) is 9.97 Å². The average molecular weight is 460 g/mol. The van der Waals surface area contributed by atoms with Crippen LogP contribution >= 0.6 is 0 Å². The fraction of sp³-hybridized carbons (Fsp3) is 0. The number of rotatable bonds is 8. The minimum atomic E-state index is -1.34. The van der Waals surface area contributed by atoms with Gasteiger partial charge in [0.15, 0.2) is 0 Å². The van der Waals surface area contributed by atoms with Crippen LogP contribution in [-0.4, -0.2) is 54.3 Å². The van der Waals surface area contributed by atoms with Gasteiger partial charge in [0, 0.05) is 0 Å². The monoisotopic (exact) mass is 460 g/mol. The number of hydrogen-bond donors (Lipinski definition) is 4. The van der Waals surface area contributed by atoms with Crippen LogP contribution in [0.25, 0.3) is 24.3 Å². The van der Waals surface area contributed by atoms with Crippen molar-refractivity contribution in [3.05, 3.63) is 93.6 Å². The molecular weight excluding hydrogens is 444 g/mol. The molecule has 10 nitrogen and oxygen atoms in total. The first-order valence-corrected chi connectivity index (χ1v) is 9.56. The number of hydrogen-bond acceptors (Lipinski definition) is 6. The maximum absolute atomic E-state index is 11.2. The molecule has 3 rings (SSSR count). The zero-order valence-electron chi connectivity index (χ0n) is 17.2. The van der Waals surface area contributed by atoms with Crippen LogP contribution in [0, 0.1) is 0 Å². The standard InChI is InChI=1S/C24H16N2O8/c27-21(28)17-9-15(10-18(25-17)22(29)30)7-5-13-1-2-14(4-3-13)6-8-16-11-19(23(31)32)26-20(12-16)24(33)34/h1-12H,(H,27,28)(H,29,30)(H,31,32)(H,33,34)/b7-5+,8-6+. The molecule has 0 saturated carbocycles. The number of aromatic carboxylic acids is 4. The second kappa shape index (κ2) is 10.0. The fourth-order valence-corrected chi connectivity index (χ4v) is 2.84. The number of nitrogens with zero attached hydrogens (tertiary/aromatic N) is 2. The van der Waals surface area contributed by atoms with Crippen molar-refractivity contribution in [2.45, 2.75) is 0 Å². The van der Waals surface area contributed by atoms with Gasteiger partial charge in [-0.3, -0.25) is 0 Å². The Kier molecular flexibility index (Phi) is 6.92. The Hall–Kier alpha value is -5.12. The Labute approximate surface area is 191 Å². The summed E-state index contributed by atoms with van der Waals surface area (Å²) in [6.45, 7) is 0. The minimum absolute atomic E-state index is 0.356. The molecule has 0 unspecified atom stereocenters. The molecule has 0 aliphatic rings. The number of benzene rings is 1. The highest BCUT2D eigenvalue weighted by Crippen LogP contribution is 2.15. The van der Waals surface area contributed by atoms with Gasteiger partial charge >= 0.3 is 23.9 Å². The second-order valence-electron chi connectivity index (χ2n) is 6.90. The summed E-state index contributed by atoms with van der Waals surface area (Å²) in [5.74, 6) is -5.36. The molecule has 2 heterocycles. The largest absolute Gasteiger partial charge is 0.477 e. The minimum Gasteiger partial charge on any atom is -0.477 e. The molecular formula is C24H16N2O8. The number of carboxylic acid groups (broad SMARTS) is 4. The van der Waals surface area contributed by atoms with Crippen LogP contribution in [0.4, 0.5) is 0 Å². The predicted octanol–water partition coefficient (Wildman–Crippen LogP) is 3.61. The lowest BCUT2D eigenvalue weighted by atomic mass is 10.1. The molecule has 4 N–H and O–H groups in total. The lowest BCUT2D eigenvalue weighted by Crippen LogP contribution is -2.07. The number of carbonyl (C=O) groups is 4. The summed E-state index contributed by atoms with van der Waals surface area (Å²) in [5, 5.41) is 36.4. The van der Waals surface area contributed by atoms with E-state index >= 15 is 0 Å². The zero-order chi connectivity index (χ0) is 24.8. The highest BCUT2D eigenvalue weighted by molar-refractivity contribution is 5.92. The van der Waals surface area contributed by atoms with E-state index in [1.54, 1.807) is 48.6 Å². The third-order valence-electron chi connectivity index (χ3n) is 4.44. The van der Waals surface area contributed by atoms with Crippen LogP contribution in [0.3, 0.4) is 0 Å². The summed E-state index contributed by atoms with van der Waals surface area (Å²) in [6.07, 6.45) is 6.45. The van der Waals surface area contributed by atoms with E-state index in [-0.39, 0.29) is 22.8 Å². The Morgan fingerprint density at radius 1 is 0.471 bits per heavy atom. The SMILES string of the molecule is O=C(O)c1cc(/C=C/c2ccc(/C=C/c3cc(C(=O)O)nc(C(=O)O)c3)cc2)cc(C(=O)O)n1. The van der Waals surface area contributed by atoms with Crippen molar-refractivity contribution >= 4 is 48.2 Å². The Bertz CT molecular complexity index is 1190. The van der Waals surface area contributed by atoms with Gasteiger partial charge in [0.05, 0.1) is 0 Å². The average Bonchev–Trinajstić information content (AvgIpc) is 2.81. The van der Waals surface area contributed by atoms with E-state index in [1.165, 1.54) is 24.3 Å². The van der Waals surface area contributed by atoms with Crippen molar-refractivity contribution < 1.29 is 39.6 Å². The van der Waals surface area contributed by atoms with Crippen molar-refractivity contribution in [2.24, 2.45) is 0 Å². The van der Waals surface area contributed by atoms with Gasteiger partial charge in [0.1, 0.15) is 22.8 Å². The summed E-state index contributed by atoms with van der Waals surface area (Å²) in [4.78, 5) is 51.8. The lowest BCUT2D eigenvalue weighted by molar-refractivity contribution is 0.0664. The molecule has 0 atom stereocenters. The van der Waals surface area contributed by atoms with E-state index in [4.69, 9.17) is 20.4 Å². The van der Waals surface area contributed by atoms with E-state index in [9.17, 15) is 19.2 Å². The van der Waals surface area contributed by atoms with Gasteiger partial charge < -0.3 is 20.4 Å². The summed E-state index contributed by atoms with van der Waals surface area (Å²) in [5.41, 5.74) is 0.675. The highest BCUT2D eigenvalue weighted by Gasteiger charge is 2.13. The van der Waals surface area contributed by atoms with Gasteiger partial charge in [-0.2, -0.15) is 0 Å². The van der Waals surface area contributed by atoms with Crippen LogP contribution in [0.5, 0.6) is 0 Å². The van der Waals surface area contributed by atoms with Gasteiger partial charge in [0.25, 0.3) is 0 Å². The van der Waals surface area contributed by atoms with Crippen molar-refractivity contribution in [3.63, 3.8) is 0 Å². The number of pyridine rings is 2. The van der Waals surface area contributed by atoms with Crippen LogP contribution in [-0.2, 0) is 0 Å². The topological polar surface area (TPSA) is 175 Å². The maximum atomic E-state index is 11.2. The van der Waals surface area contributed by atoms with Gasteiger partial charge in [-0.05, 0) is 46.5 Å². The molecule has 0 amide bonds. The zero-order valence-corrected chi connectivity index (χ0v) is 17.2. The first-order valence-electron chi connectivity index (χ1n) is 9.56. The van der Waals surface area contributed by atoms with Crippen LogP contribution in [0.1, 0.15) is 64.2 Å². The van der Waals surface area contributed by atoms with Gasteiger partial charge in [-0.1, -0.05) is 48.6 Å². The molecule has 10 heteroatoms. The van der Waals surface area contributed by atoms with Gasteiger partial charge in [-0.15, -0.1) is 0 Å². The molecule has 2 aromatic heterocycles. The Morgan fingerprint density at radius 3 is 0.941 bits per heavy atom. The molecule has 0 radical (unpaired) electrons. The van der Waals surface area contributed by atoms with E-state index in [0.29, 0.717) is 11.1 Å². The number of carboxylic acids is 4. The summed E-state index contributed by atoms with van der Waals surface area (Å²) in [6, 6.07) is 12.1. The lowest BCUT2D eigenvalue weighted by Gasteiger charge is -2.02. The molecule has 1 aromatic carbocycles. The summed E-state index contributed by atoms with van der Waals surface area (Å²) in [7, 11) is 0. The molecule has 0 aliphatic carbocycles. The van der Waals surface area contributed by atoms with Gasteiger partial charge in [0.2, 0.25) is 0 Å². The Balaban J connectivity index is 1.80. The Morgan fingerprint density at radius 2 is 0.706 bits per heavy atom. The van der Waals surface area contributed by atoms with Crippen molar-refractivity contribution in [1.29, 1.82) is 0 Å². The number of aromatic nitrogens is 2. The molecule has 0 spiro atoms. The molecule has 0 bridgehead atoms. The predicted molar refractivity (Wildman–Crippen MR) is 121 cm³/mol. The van der Waals surface area contributed by atoms with Gasteiger partial charge in [-0.25, -0.2) is 29.1 Å². The molecule has 0 fully saturated rings. The smallest absolute Gasteiger partial charge is 0.354 e. The fourth-order valence-electron chi connectivity index (χ4n) is 2.84. The first kappa shape index (κ1) is 23.5. The van der Waals surface area contributed by atoms with Crippen molar-refractivity contribution in [3.8, 4) is 0 Å². The molecule has 3 aromatic rings. The quantitative estimate of drug-likeness (QED) is 0.388. The van der Waals surface area contributed by atoms with E-state index in [0.717, 1.165) is 11.1 Å². The highest BCUT2D eigenvalue weighted by atomic mass is 16.4.